The molecule has 0 radical (unpaired) electrons. The predicted molar refractivity (Wildman–Crippen MR) is 111 cm³/mol. The number of thiophene rings is 1. The van der Waals surface area contributed by atoms with Crippen molar-refractivity contribution >= 4 is 39.1 Å². The monoisotopic (exact) mass is 396 g/mol. The molecular weight excluding hydrogens is 376 g/mol. The van der Waals surface area contributed by atoms with Gasteiger partial charge in [0.05, 0.1) is 12.1 Å². The normalized spacial score (nSPS) is 13.7. The zero-order valence-electron chi connectivity index (χ0n) is 15.1. The molecule has 4 aromatic rings. The molecule has 1 aliphatic carbocycles. The number of hydrogen-bond donors (Lipinski definition) is 0. The Hall–Kier alpha value is -2.12. The molecule has 0 aliphatic heterocycles. The van der Waals surface area contributed by atoms with Crippen LogP contribution in [0.1, 0.15) is 35.8 Å². The van der Waals surface area contributed by atoms with Crippen LogP contribution in [0.4, 0.5) is 0 Å². The van der Waals surface area contributed by atoms with E-state index in [0.717, 1.165) is 46.1 Å². The summed E-state index contributed by atoms with van der Waals surface area (Å²) in [5.41, 5.74) is 3.96. The zero-order valence-corrected chi connectivity index (χ0v) is 16.8. The zero-order chi connectivity index (χ0) is 18.4. The molecule has 0 amide bonds. The average Bonchev–Trinajstić information content (AvgIpc) is 3.38. The summed E-state index contributed by atoms with van der Waals surface area (Å²) >= 11 is 3.49. The van der Waals surface area contributed by atoms with Crippen molar-refractivity contribution in [3.63, 3.8) is 0 Å². The van der Waals surface area contributed by atoms with Crippen LogP contribution in [0.25, 0.3) is 16.0 Å². The standard InChI is InChI=1S/C20H20N4OS2/c1-2-11-26-20-22-21-17-18(25)23(12-13-7-4-3-5-8-13)16-14-9-6-10-15(14)27-19(16)24(17)20/h3-5,7-8H,2,6,9-12H2,1H3. The minimum atomic E-state index is -0.0466. The maximum Gasteiger partial charge on any atom is 0.297 e. The van der Waals surface area contributed by atoms with E-state index in [1.807, 2.05) is 38.5 Å². The second-order valence-electron chi connectivity index (χ2n) is 6.88. The van der Waals surface area contributed by atoms with Crippen molar-refractivity contribution < 1.29 is 0 Å². The van der Waals surface area contributed by atoms with Gasteiger partial charge in [-0.1, -0.05) is 49.0 Å². The molecule has 1 aliphatic rings. The largest absolute Gasteiger partial charge is 0.298 e. The van der Waals surface area contributed by atoms with Crippen LogP contribution in [-0.2, 0) is 19.4 Å². The Balaban J connectivity index is 1.81. The summed E-state index contributed by atoms with van der Waals surface area (Å²) in [6, 6.07) is 10.2. The molecule has 0 bridgehead atoms. The fourth-order valence-electron chi connectivity index (χ4n) is 3.82. The lowest BCUT2D eigenvalue weighted by atomic mass is 10.2. The Morgan fingerprint density at radius 2 is 2.04 bits per heavy atom. The van der Waals surface area contributed by atoms with Crippen LogP contribution in [0.3, 0.4) is 0 Å². The molecule has 5 nitrogen and oxygen atoms in total. The van der Waals surface area contributed by atoms with E-state index in [9.17, 15) is 4.79 Å². The van der Waals surface area contributed by atoms with E-state index in [-0.39, 0.29) is 5.56 Å². The summed E-state index contributed by atoms with van der Waals surface area (Å²) in [7, 11) is 0. The number of fused-ring (bicyclic) bond motifs is 5. The number of aromatic nitrogens is 4. The minimum absolute atomic E-state index is 0.0466. The molecule has 0 atom stereocenters. The smallest absolute Gasteiger partial charge is 0.297 e. The first-order chi connectivity index (χ1) is 13.3. The molecular formula is C20H20N4OS2. The first-order valence-electron chi connectivity index (χ1n) is 9.37. The molecule has 0 unspecified atom stereocenters. The van der Waals surface area contributed by atoms with E-state index in [1.165, 1.54) is 16.9 Å². The molecule has 0 N–H and O–H groups in total. The van der Waals surface area contributed by atoms with Crippen molar-refractivity contribution in [3.05, 3.63) is 56.7 Å². The molecule has 27 heavy (non-hydrogen) atoms. The molecule has 5 rings (SSSR count). The Bertz CT molecular complexity index is 1190. The molecule has 3 heterocycles. The highest BCUT2D eigenvalue weighted by Gasteiger charge is 2.25. The summed E-state index contributed by atoms with van der Waals surface area (Å²) in [4.78, 5) is 15.9. The van der Waals surface area contributed by atoms with Gasteiger partial charge in [0.25, 0.3) is 5.56 Å². The van der Waals surface area contributed by atoms with Crippen molar-refractivity contribution in [3.8, 4) is 0 Å². The fourth-order valence-corrected chi connectivity index (χ4v) is 6.07. The van der Waals surface area contributed by atoms with Crippen LogP contribution < -0.4 is 5.56 Å². The van der Waals surface area contributed by atoms with E-state index in [0.29, 0.717) is 12.2 Å². The first kappa shape index (κ1) is 17.0. The van der Waals surface area contributed by atoms with Gasteiger partial charge in [-0.3, -0.25) is 13.8 Å². The lowest BCUT2D eigenvalue weighted by Crippen LogP contribution is -2.24. The number of nitrogens with zero attached hydrogens (tertiary/aromatic N) is 4. The lowest BCUT2D eigenvalue weighted by molar-refractivity contribution is 0.784. The quantitative estimate of drug-likeness (QED) is 0.476. The van der Waals surface area contributed by atoms with E-state index in [4.69, 9.17) is 0 Å². The molecule has 0 saturated heterocycles. The SMILES string of the molecule is CCCSc1nnc2c(=O)n(Cc3ccccc3)c3c4c(sc3n12)CCC4. The van der Waals surface area contributed by atoms with E-state index < -0.39 is 0 Å². The molecule has 0 fully saturated rings. The van der Waals surface area contributed by atoms with Crippen LogP contribution in [0.15, 0.2) is 40.3 Å². The highest BCUT2D eigenvalue weighted by atomic mass is 32.2. The van der Waals surface area contributed by atoms with Crippen LogP contribution in [-0.4, -0.2) is 24.9 Å². The highest BCUT2D eigenvalue weighted by molar-refractivity contribution is 7.99. The van der Waals surface area contributed by atoms with Crippen molar-refractivity contribution in [2.75, 3.05) is 5.75 Å². The van der Waals surface area contributed by atoms with Gasteiger partial charge in [0.2, 0.25) is 5.65 Å². The van der Waals surface area contributed by atoms with Crippen molar-refractivity contribution in [1.82, 2.24) is 19.2 Å². The van der Waals surface area contributed by atoms with Crippen LogP contribution in [0.2, 0.25) is 0 Å². The Labute approximate surface area is 165 Å². The third kappa shape index (κ3) is 2.72. The summed E-state index contributed by atoms with van der Waals surface area (Å²) in [6.07, 6.45) is 4.40. The maximum absolute atomic E-state index is 13.4. The number of benzene rings is 1. The van der Waals surface area contributed by atoms with Gasteiger partial charge >= 0.3 is 0 Å². The molecule has 0 spiro atoms. The molecule has 3 aromatic heterocycles. The summed E-state index contributed by atoms with van der Waals surface area (Å²) in [6.45, 7) is 2.72. The van der Waals surface area contributed by atoms with Gasteiger partial charge in [0, 0.05) is 10.6 Å². The van der Waals surface area contributed by atoms with Gasteiger partial charge in [-0.2, -0.15) is 0 Å². The Kier molecular flexibility index (Phi) is 4.28. The summed E-state index contributed by atoms with van der Waals surface area (Å²) in [5, 5.41) is 9.45. The molecule has 7 heteroatoms. The van der Waals surface area contributed by atoms with E-state index >= 15 is 0 Å². The van der Waals surface area contributed by atoms with Gasteiger partial charge in [0.1, 0.15) is 4.83 Å². The topological polar surface area (TPSA) is 52.2 Å². The third-order valence-electron chi connectivity index (χ3n) is 5.04. The minimum Gasteiger partial charge on any atom is -0.298 e. The number of rotatable bonds is 5. The second kappa shape index (κ2) is 6.80. The van der Waals surface area contributed by atoms with Gasteiger partial charge in [0.15, 0.2) is 5.16 Å². The van der Waals surface area contributed by atoms with Gasteiger partial charge in [-0.05, 0) is 36.8 Å². The summed E-state index contributed by atoms with van der Waals surface area (Å²) < 4.78 is 3.92. The van der Waals surface area contributed by atoms with Crippen molar-refractivity contribution in [1.29, 1.82) is 0 Å². The fraction of sp³-hybridized carbons (Fsp3) is 0.350. The number of aryl methyl sites for hydroxylation is 2. The van der Waals surface area contributed by atoms with Gasteiger partial charge in [-0.15, -0.1) is 21.5 Å². The predicted octanol–water partition coefficient (Wildman–Crippen LogP) is 4.14. The lowest BCUT2D eigenvalue weighted by Gasteiger charge is -2.11. The van der Waals surface area contributed by atoms with E-state index in [1.54, 1.807) is 11.8 Å². The second-order valence-corrected chi connectivity index (χ2v) is 9.02. The van der Waals surface area contributed by atoms with Crippen LogP contribution in [0.5, 0.6) is 0 Å². The van der Waals surface area contributed by atoms with E-state index in [2.05, 4.69) is 29.3 Å². The summed E-state index contributed by atoms with van der Waals surface area (Å²) in [5.74, 6) is 0.973. The van der Waals surface area contributed by atoms with Crippen LogP contribution in [0, 0.1) is 0 Å². The molecule has 0 saturated carbocycles. The van der Waals surface area contributed by atoms with Crippen LogP contribution >= 0.6 is 23.1 Å². The average molecular weight is 397 g/mol. The van der Waals surface area contributed by atoms with Crippen molar-refractivity contribution in [2.45, 2.75) is 44.3 Å². The Morgan fingerprint density at radius 3 is 2.85 bits per heavy atom. The maximum atomic E-state index is 13.4. The van der Waals surface area contributed by atoms with Gasteiger partial charge < -0.3 is 0 Å². The highest BCUT2D eigenvalue weighted by Crippen LogP contribution is 2.38. The van der Waals surface area contributed by atoms with Gasteiger partial charge in [-0.25, -0.2) is 0 Å². The third-order valence-corrected chi connectivity index (χ3v) is 7.44. The molecule has 1 aromatic carbocycles. The number of thioether (sulfide) groups is 1. The molecule has 138 valence electrons. The first-order valence-corrected chi connectivity index (χ1v) is 11.2. The number of hydrogen-bond acceptors (Lipinski definition) is 5. The van der Waals surface area contributed by atoms with Crippen molar-refractivity contribution in [2.24, 2.45) is 0 Å². The Morgan fingerprint density at radius 1 is 1.19 bits per heavy atom.